The van der Waals surface area contributed by atoms with Crippen molar-refractivity contribution in [3.8, 4) is 0 Å². The summed E-state index contributed by atoms with van der Waals surface area (Å²) in [5.41, 5.74) is 9.34. The molecule has 1 aromatic rings. The Morgan fingerprint density at radius 2 is 2.25 bits per heavy atom. The number of anilines is 1. The van der Waals surface area contributed by atoms with Crippen molar-refractivity contribution in [1.29, 1.82) is 0 Å². The van der Waals surface area contributed by atoms with Gasteiger partial charge in [0.25, 0.3) is 0 Å². The number of esters is 1. The van der Waals surface area contributed by atoms with Gasteiger partial charge in [0.15, 0.2) is 0 Å². The molecule has 1 aromatic heterocycles. The van der Waals surface area contributed by atoms with Crippen LogP contribution in [-0.4, -0.2) is 36.1 Å². The molecular formula is C14H19N3O2S. The molecule has 1 fully saturated rings. The van der Waals surface area contributed by atoms with Crippen LogP contribution in [0.25, 0.3) is 0 Å². The van der Waals surface area contributed by atoms with E-state index in [-0.39, 0.29) is 11.9 Å². The van der Waals surface area contributed by atoms with Crippen LogP contribution >= 0.6 is 12.2 Å². The second kappa shape index (κ2) is 5.75. The predicted molar refractivity (Wildman–Crippen MR) is 81.9 cm³/mol. The van der Waals surface area contributed by atoms with Crippen molar-refractivity contribution in [2.75, 3.05) is 25.1 Å². The Morgan fingerprint density at radius 1 is 1.55 bits per heavy atom. The number of pyridine rings is 1. The number of thiocarbonyl (C=S) groups is 1. The molecule has 1 aliphatic rings. The predicted octanol–water partition coefficient (Wildman–Crippen LogP) is 1.33. The van der Waals surface area contributed by atoms with Gasteiger partial charge in [-0.15, -0.1) is 0 Å². The van der Waals surface area contributed by atoms with Crippen molar-refractivity contribution in [3.05, 3.63) is 23.0 Å². The van der Waals surface area contributed by atoms with Gasteiger partial charge in [0.2, 0.25) is 0 Å². The van der Waals surface area contributed by atoms with E-state index in [0.717, 1.165) is 35.6 Å². The number of carbonyl (C=O) groups is 1. The van der Waals surface area contributed by atoms with E-state index in [1.54, 1.807) is 0 Å². The average Bonchev–Trinajstić information content (AvgIpc) is 2.85. The molecule has 0 aliphatic carbocycles. The molecule has 5 nitrogen and oxygen atoms in total. The highest BCUT2D eigenvalue weighted by Crippen LogP contribution is 2.29. The van der Waals surface area contributed by atoms with Crippen molar-refractivity contribution in [2.45, 2.75) is 20.3 Å². The highest BCUT2D eigenvalue weighted by atomic mass is 32.1. The van der Waals surface area contributed by atoms with Gasteiger partial charge in [-0.2, -0.15) is 0 Å². The third kappa shape index (κ3) is 2.75. The highest BCUT2D eigenvalue weighted by Gasteiger charge is 2.31. The number of carbonyl (C=O) groups excluding carboxylic acids is 1. The third-order valence-corrected chi connectivity index (χ3v) is 3.82. The van der Waals surface area contributed by atoms with E-state index >= 15 is 0 Å². The van der Waals surface area contributed by atoms with Gasteiger partial charge < -0.3 is 15.4 Å². The number of methoxy groups -OCH3 is 1. The van der Waals surface area contributed by atoms with Gasteiger partial charge >= 0.3 is 5.97 Å². The molecule has 0 aromatic carbocycles. The van der Waals surface area contributed by atoms with E-state index in [2.05, 4.69) is 9.88 Å². The van der Waals surface area contributed by atoms with Gasteiger partial charge in [0, 0.05) is 24.5 Å². The van der Waals surface area contributed by atoms with Gasteiger partial charge in [-0.05, 0) is 26.3 Å². The highest BCUT2D eigenvalue weighted by molar-refractivity contribution is 7.80. The zero-order valence-corrected chi connectivity index (χ0v) is 12.8. The Kier molecular flexibility index (Phi) is 4.23. The average molecular weight is 293 g/mol. The van der Waals surface area contributed by atoms with Crippen LogP contribution < -0.4 is 10.6 Å². The van der Waals surface area contributed by atoms with Gasteiger partial charge in [0.1, 0.15) is 4.99 Å². The van der Waals surface area contributed by atoms with E-state index in [1.165, 1.54) is 7.11 Å². The Morgan fingerprint density at radius 3 is 2.85 bits per heavy atom. The first-order valence-electron chi connectivity index (χ1n) is 6.55. The maximum Gasteiger partial charge on any atom is 0.310 e. The minimum absolute atomic E-state index is 0.0898. The second-order valence-corrected chi connectivity index (χ2v) is 5.50. The molecule has 2 rings (SSSR count). The maximum atomic E-state index is 11.6. The SMILES string of the molecule is COC(=O)C1CCN(c2cc(C)nc(C)c2C(N)=S)C1. The molecule has 108 valence electrons. The first-order valence-corrected chi connectivity index (χ1v) is 6.95. The molecule has 1 aliphatic heterocycles. The Bertz CT molecular complexity index is 560. The summed E-state index contributed by atoms with van der Waals surface area (Å²) in [5, 5.41) is 0. The van der Waals surface area contributed by atoms with Crippen LogP contribution in [0.15, 0.2) is 6.07 Å². The largest absolute Gasteiger partial charge is 0.469 e. The monoisotopic (exact) mass is 293 g/mol. The lowest BCUT2D eigenvalue weighted by Gasteiger charge is -2.23. The van der Waals surface area contributed by atoms with Crippen molar-refractivity contribution in [2.24, 2.45) is 11.7 Å². The number of hydrogen-bond donors (Lipinski definition) is 1. The molecule has 20 heavy (non-hydrogen) atoms. The summed E-state index contributed by atoms with van der Waals surface area (Å²) in [6.07, 6.45) is 0.782. The molecular weight excluding hydrogens is 274 g/mol. The summed E-state index contributed by atoms with van der Waals surface area (Å²) >= 11 is 5.14. The summed E-state index contributed by atoms with van der Waals surface area (Å²) < 4.78 is 4.82. The number of aryl methyl sites for hydroxylation is 2. The number of hydrogen-bond acceptors (Lipinski definition) is 5. The minimum atomic E-state index is -0.160. The first-order chi connectivity index (χ1) is 9.43. The molecule has 6 heteroatoms. The summed E-state index contributed by atoms with van der Waals surface area (Å²) in [6, 6.07) is 1.97. The lowest BCUT2D eigenvalue weighted by Crippen LogP contribution is -2.27. The van der Waals surface area contributed by atoms with E-state index in [0.29, 0.717) is 11.5 Å². The molecule has 0 saturated carbocycles. The van der Waals surface area contributed by atoms with Crippen molar-refractivity contribution in [1.82, 2.24) is 4.98 Å². The fourth-order valence-electron chi connectivity index (χ4n) is 2.70. The van der Waals surface area contributed by atoms with E-state index in [1.807, 2.05) is 19.9 Å². The lowest BCUT2D eigenvalue weighted by atomic mass is 10.1. The lowest BCUT2D eigenvalue weighted by molar-refractivity contribution is -0.144. The summed E-state index contributed by atoms with van der Waals surface area (Å²) in [4.78, 5) is 18.5. The second-order valence-electron chi connectivity index (χ2n) is 5.06. The van der Waals surface area contributed by atoms with Crippen LogP contribution in [0.2, 0.25) is 0 Å². The molecule has 0 spiro atoms. The standard InChI is InChI=1S/C14H19N3O2S/c1-8-6-11(12(13(15)20)9(2)16-8)17-5-4-10(7-17)14(18)19-3/h6,10H,4-5,7H2,1-3H3,(H2,15,20). The maximum absolute atomic E-state index is 11.6. The molecule has 1 saturated heterocycles. The molecule has 1 unspecified atom stereocenters. The fourth-order valence-corrected chi connectivity index (χ4v) is 2.95. The minimum Gasteiger partial charge on any atom is -0.469 e. The molecule has 0 radical (unpaired) electrons. The van der Waals surface area contributed by atoms with Gasteiger partial charge in [0.05, 0.1) is 24.3 Å². The summed E-state index contributed by atoms with van der Waals surface area (Å²) in [6.45, 7) is 5.26. The number of nitrogens with two attached hydrogens (primary N) is 1. The van der Waals surface area contributed by atoms with Crippen LogP contribution in [0.5, 0.6) is 0 Å². The number of aromatic nitrogens is 1. The normalized spacial score (nSPS) is 18.1. The van der Waals surface area contributed by atoms with Gasteiger partial charge in [-0.1, -0.05) is 12.2 Å². The van der Waals surface area contributed by atoms with Gasteiger partial charge in [-0.3, -0.25) is 9.78 Å². The quantitative estimate of drug-likeness (QED) is 0.670. The van der Waals surface area contributed by atoms with Crippen molar-refractivity contribution < 1.29 is 9.53 Å². The van der Waals surface area contributed by atoms with Crippen LogP contribution in [0.4, 0.5) is 5.69 Å². The Labute approximate surface area is 124 Å². The third-order valence-electron chi connectivity index (χ3n) is 3.62. The zero-order chi connectivity index (χ0) is 14.9. The number of rotatable bonds is 3. The molecule has 0 amide bonds. The molecule has 1 atom stereocenters. The summed E-state index contributed by atoms with van der Waals surface area (Å²) in [5.74, 6) is -0.250. The van der Waals surface area contributed by atoms with Crippen molar-refractivity contribution in [3.63, 3.8) is 0 Å². The van der Waals surface area contributed by atoms with Crippen LogP contribution in [0.1, 0.15) is 23.4 Å². The molecule has 0 bridgehead atoms. The Balaban J connectivity index is 2.34. The number of nitrogens with zero attached hydrogens (tertiary/aromatic N) is 2. The summed E-state index contributed by atoms with van der Waals surface area (Å²) in [7, 11) is 1.42. The fraction of sp³-hybridized carbons (Fsp3) is 0.500. The smallest absolute Gasteiger partial charge is 0.310 e. The van der Waals surface area contributed by atoms with Crippen molar-refractivity contribution >= 4 is 28.9 Å². The van der Waals surface area contributed by atoms with E-state index in [4.69, 9.17) is 22.7 Å². The number of ether oxygens (including phenoxy) is 1. The zero-order valence-electron chi connectivity index (χ0n) is 12.0. The van der Waals surface area contributed by atoms with Crippen LogP contribution in [0, 0.1) is 19.8 Å². The van der Waals surface area contributed by atoms with E-state index in [9.17, 15) is 4.79 Å². The van der Waals surface area contributed by atoms with Gasteiger partial charge in [-0.25, -0.2) is 0 Å². The van der Waals surface area contributed by atoms with Crippen LogP contribution in [-0.2, 0) is 9.53 Å². The Hall–Kier alpha value is -1.69. The molecule has 2 N–H and O–H groups in total. The molecule has 2 heterocycles. The topological polar surface area (TPSA) is 68.5 Å². The van der Waals surface area contributed by atoms with Crippen LogP contribution in [0.3, 0.4) is 0 Å². The first kappa shape index (κ1) is 14.7. The van der Waals surface area contributed by atoms with E-state index < -0.39 is 0 Å².